The first-order valence-corrected chi connectivity index (χ1v) is 12.4. The number of hydrogen-bond donors (Lipinski definition) is 2. The van der Waals surface area contributed by atoms with Crippen LogP contribution in [0.3, 0.4) is 0 Å². The van der Waals surface area contributed by atoms with Gasteiger partial charge in [-0.05, 0) is 62.3 Å². The SMILES string of the molecule is CCC(C)NC(=O)c1cccc(CNC(=O)CCn2cnc3sc4c(c3c2=O)CCCC4)c1. The molecule has 0 aliphatic heterocycles. The maximum atomic E-state index is 13.0. The highest BCUT2D eigenvalue weighted by atomic mass is 32.1. The molecule has 1 aromatic carbocycles. The molecule has 2 aromatic heterocycles. The van der Waals surface area contributed by atoms with Crippen molar-refractivity contribution in [2.24, 2.45) is 0 Å². The summed E-state index contributed by atoms with van der Waals surface area (Å²) in [4.78, 5) is 44.3. The largest absolute Gasteiger partial charge is 0.352 e. The van der Waals surface area contributed by atoms with Gasteiger partial charge < -0.3 is 10.6 Å². The first-order chi connectivity index (χ1) is 16.0. The van der Waals surface area contributed by atoms with Crippen LogP contribution in [0.1, 0.15) is 65.9 Å². The highest BCUT2D eigenvalue weighted by Crippen LogP contribution is 2.33. The highest BCUT2D eigenvalue weighted by Gasteiger charge is 2.20. The van der Waals surface area contributed by atoms with Gasteiger partial charge in [0.05, 0.1) is 11.7 Å². The zero-order chi connectivity index (χ0) is 23.4. The van der Waals surface area contributed by atoms with Crippen molar-refractivity contribution in [2.75, 3.05) is 0 Å². The zero-order valence-electron chi connectivity index (χ0n) is 19.1. The second-order valence-corrected chi connectivity index (χ2v) is 9.73. The van der Waals surface area contributed by atoms with Gasteiger partial charge in [0.2, 0.25) is 5.91 Å². The Morgan fingerprint density at radius 1 is 1.24 bits per heavy atom. The minimum Gasteiger partial charge on any atom is -0.352 e. The van der Waals surface area contributed by atoms with Crippen LogP contribution in [0.5, 0.6) is 0 Å². The van der Waals surface area contributed by atoms with E-state index >= 15 is 0 Å². The van der Waals surface area contributed by atoms with E-state index in [0.29, 0.717) is 12.1 Å². The van der Waals surface area contributed by atoms with Gasteiger partial charge in [0, 0.05) is 36.0 Å². The third kappa shape index (κ3) is 5.33. The molecule has 0 saturated carbocycles. The summed E-state index contributed by atoms with van der Waals surface area (Å²) >= 11 is 1.63. The van der Waals surface area contributed by atoms with Crippen molar-refractivity contribution >= 4 is 33.4 Å². The fraction of sp³-hybridized carbons (Fsp3) is 0.440. The van der Waals surface area contributed by atoms with Gasteiger partial charge in [0.1, 0.15) is 4.83 Å². The maximum absolute atomic E-state index is 13.0. The number of nitrogens with zero attached hydrogens (tertiary/aromatic N) is 2. The molecule has 8 heteroatoms. The Balaban J connectivity index is 1.35. The molecule has 2 N–H and O–H groups in total. The van der Waals surface area contributed by atoms with E-state index in [0.717, 1.165) is 47.0 Å². The molecule has 1 aliphatic carbocycles. The summed E-state index contributed by atoms with van der Waals surface area (Å²) in [7, 11) is 0. The van der Waals surface area contributed by atoms with E-state index in [1.807, 2.05) is 26.0 Å². The van der Waals surface area contributed by atoms with E-state index in [1.54, 1.807) is 34.4 Å². The molecular weight excluding hydrogens is 436 g/mol. The van der Waals surface area contributed by atoms with Crippen LogP contribution in [-0.4, -0.2) is 27.4 Å². The lowest BCUT2D eigenvalue weighted by Crippen LogP contribution is -2.32. The predicted octanol–water partition coefficient (Wildman–Crippen LogP) is 3.57. The van der Waals surface area contributed by atoms with Crippen LogP contribution in [-0.2, 0) is 30.7 Å². The van der Waals surface area contributed by atoms with Gasteiger partial charge in [-0.1, -0.05) is 19.1 Å². The van der Waals surface area contributed by atoms with Crippen molar-refractivity contribution in [3.05, 3.63) is 62.5 Å². The Hall–Kier alpha value is -3.00. The second-order valence-electron chi connectivity index (χ2n) is 8.64. The molecule has 0 fully saturated rings. The summed E-state index contributed by atoms with van der Waals surface area (Å²) < 4.78 is 1.55. The Labute approximate surface area is 197 Å². The molecule has 0 spiro atoms. The molecule has 7 nitrogen and oxygen atoms in total. The molecule has 3 aromatic rings. The van der Waals surface area contributed by atoms with Gasteiger partial charge in [-0.15, -0.1) is 11.3 Å². The lowest BCUT2D eigenvalue weighted by atomic mass is 9.97. The van der Waals surface area contributed by atoms with E-state index in [9.17, 15) is 14.4 Å². The third-order valence-corrected chi connectivity index (χ3v) is 7.39. The van der Waals surface area contributed by atoms with Gasteiger partial charge in [0.25, 0.3) is 11.5 Å². The fourth-order valence-electron chi connectivity index (χ4n) is 4.08. The van der Waals surface area contributed by atoms with Crippen LogP contribution >= 0.6 is 11.3 Å². The number of aryl methyl sites for hydroxylation is 3. The smallest absolute Gasteiger partial charge is 0.262 e. The van der Waals surface area contributed by atoms with Gasteiger partial charge in [-0.25, -0.2) is 4.98 Å². The number of aromatic nitrogens is 2. The first-order valence-electron chi connectivity index (χ1n) is 11.6. The second kappa shape index (κ2) is 10.3. The molecule has 1 atom stereocenters. The summed E-state index contributed by atoms with van der Waals surface area (Å²) in [5.74, 6) is -0.265. The summed E-state index contributed by atoms with van der Waals surface area (Å²) in [6.45, 7) is 4.60. The van der Waals surface area contributed by atoms with Crippen LogP contribution < -0.4 is 16.2 Å². The van der Waals surface area contributed by atoms with E-state index in [4.69, 9.17) is 0 Å². The normalized spacial score (nSPS) is 14.0. The summed E-state index contributed by atoms with van der Waals surface area (Å²) in [6.07, 6.45) is 6.84. The van der Waals surface area contributed by atoms with Crippen LogP contribution in [0.2, 0.25) is 0 Å². The number of carbonyl (C=O) groups is 2. The molecule has 4 rings (SSSR count). The highest BCUT2D eigenvalue weighted by molar-refractivity contribution is 7.18. The average molecular weight is 467 g/mol. The van der Waals surface area contributed by atoms with Crippen molar-refractivity contribution < 1.29 is 9.59 Å². The maximum Gasteiger partial charge on any atom is 0.262 e. The molecule has 174 valence electrons. The van der Waals surface area contributed by atoms with Crippen molar-refractivity contribution in [2.45, 2.75) is 71.5 Å². The molecule has 0 radical (unpaired) electrons. The van der Waals surface area contributed by atoms with Crippen molar-refractivity contribution in [1.29, 1.82) is 0 Å². The fourth-order valence-corrected chi connectivity index (χ4v) is 5.30. The minimum atomic E-state index is -0.149. The molecule has 0 bridgehead atoms. The Morgan fingerprint density at radius 3 is 2.88 bits per heavy atom. The number of thiophene rings is 1. The summed E-state index contributed by atoms with van der Waals surface area (Å²) in [5, 5.41) is 6.57. The zero-order valence-corrected chi connectivity index (χ0v) is 20.0. The number of fused-ring (bicyclic) bond motifs is 3. The van der Waals surface area contributed by atoms with Crippen LogP contribution in [0, 0.1) is 0 Å². The third-order valence-electron chi connectivity index (χ3n) is 6.19. The van der Waals surface area contributed by atoms with Crippen LogP contribution in [0.4, 0.5) is 0 Å². The number of hydrogen-bond acceptors (Lipinski definition) is 5. The van der Waals surface area contributed by atoms with Crippen molar-refractivity contribution in [3.63, 3.8) is 0 Å². The molecule has 2 amide bonds. The Morgan fingerprint density at radius 2 is 2.06 bits per heavy atom. The van der Waals surface area contributed by atoms with Gasteiger partial charge in [-0.3, -0.25) is 19.0 Å². The van der Waals surface area contributed by atoms with Gasteiger partial charge in [-0.2, -0.15) is 0 Å². The first kappa shape index (κ1) is 23.2. The lowest BCUT2D eigenvalue weighted by molar-refractivity contribution is -0.121. The molecular formula is C25H30N4O3S. The predicted molar refractivity (Wildman–Crippen MR) is 131 cm³/mol. The molecule has 2 heterocycles. The summed E-state index contributed by atoms with van der Waals surface area (Å²) in [6, 6.07) is 7.36. The van der Waals surface area contributed by atoms with E-state index in [-0.39, 0.29) is 36.4 Å². The molecule has 0 saturated heterocycles. The van der Waals surface area contributed by atoms with Crippen molar-refractivity contribution in [1.82, 2.24) is 20.2 Å². The van der Waals surface area contributed by atoms with Crippen LogP contribution in [0.25, 0.3) is 10.2 Å². The van der Waals surface area contributed by atoms with E-state index < -0.39 is 0 Å². The number of benzene rings is 1. The Kier molecular flexibility index (Phi) is 7.23. The number of nitrogens with one attached hydrogen (secondary N) is 2. The molecule has 1 aliphatic rings. The monoisotopic (exact) mass is 466 g/mol. The van der Waals surface area contributed by atoms with Gasteiger partial charge >= 0.3 is 0 Å². The lowest BCUT2D eigenvalue weighted by Gasteiger charge is -2.12. The Bertz CT molecular complexity index is 1230. The topological polar surface area (TPSA) is 93.1 Å². The quantitative estimate of drug-likeness (QED) is 0.531. The average Bonchev–Trinajstić information content (AvgIpc) is 3.21. The molecule has 33 heavy (non-hydrogen) atoms. The summed E-state index contributed by atoms with van der Waals surface area (Å²) in [5.41, 5.74) is 2.54. The number of carbonyl (C=O) groups excluding carboxylic acids is 2. The number of rotatable bonds is 8. The standard InChI is InChI=1S/C25H30N4O3S/c1-3-16(2)28-23(31)18-8-6-7-17(13-18)14-26-21(30)11-12-29-15-27-24-22(25(29)32)19-9-4-5-10-20(19)33-24/h6-8,13,15-16H,3-5,9-12,14H2,1-2H3,(H,26,30)(H,28,31). The van der Waals surface area contributed by atoms with Gasteiger partial charge in [0.15, 0.2) is 0 Å². The molecule has 1 unspecified atom stereocenters. The van der Waals surface area contributed by atoms with E-state index in [2.05, 4.69) is 15.6 Å². The number of amides is 2. The van der Waals surface area contributed by atoms with E-state index in [1.165, 1.54) is 11.3 Å². The minimum absolute atomic E-state index is 0.0489. The van der Waals surface area contributed by atoms with Crippen LogP contribution in [0.15, 0.2) is 35.4 Å². The van der Waals surface area contributed by atoms with Crippen molar-refractivity contribution in [3.8, 4) is 0 Å².